The SMILES string of the molecule is Cc1ccc(C)c(CN2CCC(c3nnc(-c4ccoc4)o3)CC2)c1. The predicted octanol–water partition coefficient (Wildman–Crippen LogP) is 4.33. The molecule has 0 aliphatic carbocycles. The van der Waals surface area contributed by atoms with Gasteiger partial charge in [-0.2, -0.15) is 0 Å². The molecule has 3 aromatic rings. The van der Waals surface area contributed by atoms with Crippen LogP contribution in [0.4, 0.5) is 0 Å². The van der Waals surface area contributed by atoms with Gasteiger partial charge in [0.1, 0.15) is 6.26 Å². The first-order valence-corrected chi connectivity index (χ1v) is 8.83. The van der Waals surface area contributed by atoms with Crippen molar-refractivity contribution in [2.24, 2.45) is 0 Å². The second-order valence-corrected chi connectivity index (χ2v) is 6.94. The summed E-state index contributed by atoms with van der Waals surface area (Å²) in [4.78, 5) is 2.52. The van der Waals surface area contributed by atoms with Gasteiger partial charge in [0, 0.05) is 12.5 Å². The van der Waals surface area contributed by atoms with Gasteiger partial charge in [-0.3, -0.25) is 4.90 Å². The van der Waals surface area contributed by atoms with E-state index in [1.807, 2.05) is 6.07 Å². The van der Waals surface area contributed by atoms with E-state index in [1.165, 1.54) is 16.7 Å². The molecule has 1 saturated heterocycles. The van der Waals surface area contributed by atoms with Gasteiger partial charge in [0.15, 0.2) is 0 Å². The first-order chi connectivity index (χ1) is 12.2. The Kier molecular flexibility index (Phi) is 4.40. The van der Waals surface area contributed by atoms with E-state index in [-0.39, 0.29) is 0 Å². The number of nitrogens with zero attached hydrogens (tertiary/aromatic N) is 3. The topological polar surface area (TPSA) is 55.3 Å². The molecular formula is C20H23N3O2. The Hall–Kier alpha value is -2.40. The Morgan fingerprint density at radius 1 is 1.12 bits per heavy atom. The number of benzene rings is 1. The lowest BCUT2D eigenvalue weighted by atomic mass is 9.96. The fourth-order valence-electron chi connectivity index (χ4n) is 3.45. The Balaban J connectivity index is 1.38. The number of aromatic nitrogens is 2. The highest BCUT2D eigenvalue weighted by atomic mass is 16.4. The highest BCUT2D eigenvalue weighted by molar-refractivity contribution is 5.49. The fraction of sp³-hybridized carbons (Fsp3) is 0.400. The summed E-state index contributed by atoms with van der Waals surface area (Å²) in [5.41, 5.74) is 4.96. The van der Waals surface area contributed by atoms with E-state index < -0.39 is 0 Å². The van der Waals surface area contributed by atoms with Crippen LogP contribution in [0.25, 0.3) is 11.5 Å². The number of aryl methyl sites for hydroxylation is 2. The van der Waals surface area contributed by atoms with Gasteiger partial charge in [0.25, 0.3) is 5.89 Å². The van der Waals surface area contributed by atoms with Crippen molar-refractivity contribution in [2.75, 3.05) is 13.1 Å². The van der Waals surface area contributed by atoms with Crippen molar-refractivity contribution in [1.82, 2.24) is 15.1 Å². The molecule has 4 rings (SSSR count). The monoisotopic (exact) mass is 337 g/mol. The molecule has 5 heteroatoms. The van der Waals surface area contributed by atoms with Crippen molar-refractivity contribution in [3.8, 4) is 11.5 Å². The first kappa shape index (κ1) is 16.1. The molecule has 0 amide bonds. The van der Waals surface area contributed by atoms with Gasteiger partial charge in [0.2, 0.25) is 5.89 Å². The van der Waals surface area contributed by atoms with E-state index in [9.17, 15) is 0 Å². The third-order valence-electron chi connectivity index (χ3n) is 5.04. The molecule has 2 aromatic heterocycles. The van der Waals surface area contributed by atoms with Gasteiger partial charge >= 0.3 is 0 Å². The maximum absolute atomic E-state index is 5.86. The molecule has 1 aliphatic heterocycles. The molecule has 130 valence electrons. The molecule has 25 heavy (non-hydrogen) atoms. The van der Waals surface area contributed by atoms with E-state index in [1.54, 1.807) is 12.5 Å². The van der Waals surface area contributed by atoms with Crippen molar-refractivity contribution in [3.05, 3.63) is 59.4 Å². The van der Waals surface area contributed by atoms with Gasteiger partial charge in [-0.25, -0.2) is 0 Å². The van der Waals surface area contributed by atoms with Crippen LogP contribution in [0.15, 0.2) is 45.6 Å². The van der Waals surface area contributed by atoms with Gasteiger partial charge in [-0.1, -0.05) is 23.8 Å². The lowest BCUT2D eigenvalue weighted by Gasteiger charge is -2.30. The second-order valence-electron chi connectivity index (χ2n) is 6.94. The number of hydrogen-bond donors (Lipinski definition) is 0. The Morgan fingerprint density at radius 2 is 1.96 bits per heavy atom. The van der Waals surface area contributed by atoms with Crippen molar-refractivity contribution in [2.45, 2.75) is 39.2 Å². The van der Waals surface area contributed by atoms with E-state index in [2.05, 4.69) is 47.1 Å². The van der Waals surface area contributed by atoms with Gasteiger partial charge in [0.05, 0.1) is 11.8 Å². The van der Waals surface area contributed by atoms with Gasteiger partial charge < -0.3 is 8.83 Å². The maximum Gasteiger partial charge on any atom is 0.250 e. The quantitative estimate of drug-likeness (QED) is 0.709. The van der Waals surface area contributed by atoms with Gasteiger partial charge in [-0.05, 0) is 57.0 Å². The third-order valence-corrected chi connectivity index (χ3v) is 5.04. The molecule has 5 nitrogen and oxygen atoms in total. The lowest BCUT2D eigenvalue weighted by Crippen LogP contribution is -2.32. The zero-order chi connectivity index (χ0) is 17.2. The summed E-state index contributed by atoms with van der Waals surface area (Å²) in [7, 11) is 0. The molecule has 0 bridgehead atoms. The molecule has 0 saturated carbocycles. The molecule has 0 unspecified atom stereocenters. The highest BCUT2D eigenvalue weighted by Gasteiger charge is 2.25. The number of rotatable bonds is 4. The molecule has 0 N–H and O–H groups in total. The van der Waals surface area contributed by atoms with Crippen LogP contribution >= 0.6 is 0 Å². The first-order valence-electron chi connectivity index (χ1n) is 8.83. The molecule has 1 aromatic carbocycles. The summed E-state index contributed by atoms with van der Waals surface area (Å²) < 4.78 is 10.9. The maximum atomic E-state index is 5.86. The molecule has 1 fully saturated rings. The zero-order valence-corrected chi connectivity index (χ0v) is 14.7. The standard InChI is InChI=1S/C20H23N3O2/c1-14-3-4-15(2)18(11-14)12-23-8-5-16(6-9-23)19-21-22-20(25-19)17-7-10-24-13-17/h3-4,7,10-11,13,16H,5-6,8-9,12H2,1-2H3. The Labute approximate surface area is 147 Å². The van der Waals surface area contributed by atoms with Crippen LogP contribution in [-0.4, -0.2) is 28.2 Å². The molecular weight excluding hydrogens is 314 g/mol. The molecule has 1 aliphatic rings. The second kappa shape index (κ2) is 6.84. The number of hydrogen-bond acceptors (Lipinski definition) is 5. The predicted molar refractivity (Wildman–Crippen MR) is 95.2 cm³/mol. The van der Waals surface area contributed by atoms with Crippen LogP contribution in [0.5, 0.6) is 0 Å². The number of piperidine rings is 1. The van der Waals surface area contributed by atoms with E-state index >= 15 is 0 Å². The number of furan rings is 1. The largest absolute Gasteiger partial charge is 0.472 e. The van der Waals surface area contributed by atoms with Crippen LogP contribution in [0.1, 0.15) is 41.3 Å². The fourth-order valence-corrected chi connectivity index (χ4v) is 3.45. The molecule has 0 spiro atoms. The smallest absolute Gasteiger partial charge is 0.250 e. The average Bonchev–Trinajstić information content (AvgIpc) is 3.30. The minimum atomic E-state index is 0.350. The normalized spacial score (nSPS) is 16.4. The van der Waals surface area contributed by atoms with Crippen LogP contribution in [0, 0.1) is 13.8 Å². The van der Waals surface area contributed by atoms with Crippen LogP contribution in [0.3, 0.4) is 0 Å². The Bertz CT molecular complexity index is 831. The van der Waals surface area contributed by atoms with Crippen LogP contribution in [-0.2, 0) is 6.54 Å². The summed E-state index contributed by atoms with van der Waals surface area (Å²) in [5, 5.41) is 8.41. The highest BCUT2D eigenvalue weighted by Crippen LogP contribution is 2.30. The van der Waals surface area contributed by atoms with E-state index in [0.29, 0.717) is 11.8 Å². The van der Waals surface area contributed by atoms with Crippen LogP contribution in [0.2, 0.25) is 0 Å². The zero-order valence-electron chi connectivity index (χ0n) is 14.7. The number of likely N-dealkylation sites (tertiary alicyclic amines) is 1. The minimum Gasteiger partial charge on any atom is -0.472 e. The van der Waals surface area contributed by atoms with E-state index in [4.69, 9.17) is 8.83 Å². The van der Waals surface area contributed by atoms with Crippen LogP contribution < -0.4 is 0 Å². The third kappa shape index (κ3) is 3.51. The van der Waals surface area contributed by atoms with Crippen molar-refractivity contribution in [3.63, 3.8) is 0 Å². The summed E-state index contributed by atoms with van der Waals surface area (Å²) in [6.45, 7) is 7.48. The molecule has 0 atom stereocenters. The summed E-state index contributed by atoms with van der Waals surface area (Å²) in [5.74, 6) is 1.65. The van der Waals surface area contributed by atoms with Crippen molar-refractivity contribution >= 4 is 0 Å². The van der Waals surface area contributed by atoms with Crippen molar-refractivity contribution in [1.29, 1.82) is 0 Å². The lowest BCUT2D eigenvalue weighted by molar-refractivity contribution is 0.193. The summed E-state index contributed by atoms with van der Waals surface area (Å²) in [6.07, 6.45) is 5.35. The average molecular weight is 337 g/mol. The molecule has 3 heterocycles. The Morgan fingerprint density at radius 3 is 2.72 bits per heavy atom. The summed E-state index contributed by atoms with van der Waals surface area (Å²) in [6, 6.07) is 8.53. The van der Waals surface area contributed by atoms with Gasteiger partial charge in [-0.15, -0.1) is 10.2 Å². The van der Waals surface area contributed by atoms with E-state index in [0.717, 1.165) is 43.9 Å². The summed E-state index contributed by atoms with van der Waals surface area (Å²) >= 11 is 0. The minimum absolute atomic E-state index is 0.350. The molecule has 0 radical (unpaired) electrons. The van der Waals surface area contributed by atoms with Crippen molar-refractivity contribution < 1.29 is 8.83 Å².